The molecule has 3 nitrogen and oxygen atoms in total. The minimum Gasteiger partial charge on any atom is -0.439 e. The van der Waals surface area contributed by atoms with Crippen LogP contribution in [0.4, 0.5) is 4.79 Å². The topological polar surface area (TPSA) is 29.5 Å². The summed E-state index contributed by atoms with van der Waals surface area (Å²) in [6.07, 6.45) is -0.289. The molecule has 0 aliphatic rings. The fraction of sp³-hybridized carbons (Fsp3) is 0.300. The highest BCUT2D eigenvalue weighted by Crippen LogP contribution is 2.04. The molecule has 0 bridgehead atoms. The number of carbonyl (C=O) groups excluding carboxylic acids is 1. The van der Waals surface area contributed by atoms with Crippen molar-refractivity contribution in [2.75, 3.05) is 11.7 Å². The van der Waals surface area contributed by atoms with E-state index in [0.717, 1.165) is 5.56 Å². The number of benzene rings is 1. The fourth-order valence-corrected chi connectivity index (χ4v) is 1.35. The van der Waals surface area contributed by atoms with Crippen LogP contribution in [0.2, 0.25) is 0 Å². The predicted molar refractivity (Wildman–Crippen MR) is 63.3 cm³/mol. The van der Waals surface area contributed by atoms with Crippen LogP contribution in [0.25, 0.3) is 0 Å². The third kappa shape index (κ3) is 3.53. The van der Waals surface area contributed by atoms with E-state index in [1.807, 2.05) is 52.9 Å². The summed E-state index contributed by atoms with van der Waals surface area (Å²) in [5.74, 6) is 0. The molecule has 14 heavy (non-hydrogen) atoms. The standard InChI is InChI=1S/C10H12INO2/c1-12(10(13)14-8-11)7-9-5-3-2-4-6-9/h2-6H,7-8H2,1H3. The molecule has 1 aromatic carbocycles. The number of amides is 1. The zero-order valence-electron chi connectivity index (χ0n) is 7.94. The minimum absolute atomic E-state index is 0.289. The van der Waals surface area contributed by atoms with Gasteiger partial charge < -0.3 is 9.64 Å². The molecule has 0 atom stereocenters. The Kier molecular flexibility index (Phi) is 4.72. The Hall–Kier alpha value is -0.780. The van der Waals surface area contributed by atoms with Gasteiger partial charge in [0, 0.05) is 13.6 Å². The van der Waals surface area contributed by atoms with Crippen molar-refractivity contribution in [1.29, 1.82) is 0 Å². The van der Waals surface area contributed by atoms with Crippen molar-refractivity contribution in [2.24, 2.45) is 0 Å². The van der Waals surface area contributed by atoms with E-state index in [1.165, 1.54) is 0 Å². The number of alkyl halides is 1. The second kappa shape index (κ2) is 5.85. The number of hydrogen-bond acceptors (Lipinski definition) is 2. The molecule has 0 saturated heterocycles. The molecule has 1 rings (SSSR count). The second-order valence-corrected chi connectivity index (χ2v) is 3.48. The first kappa shape index (κ1) is 11.3. The number of carbonyl (C=O) groups is 1. The van der Waals surface area contributed by atoms with E-state index in [9.17, 15) is 4.79 Å². The first-order valence-electron chi connectivity index (χ1n) is 4.22. The van der Waals surface area contributed by atoms with Gasteiger partial charge in [0.15, 0.2) is 0 Å². The summed E-state index contributed by atoms with van der Waals surface area (Å²) < 4.78 is 5.23. The third-order valence-electron chi connectivity index (χ3n) is 1.75. The molecule has 0 aliphatic heterocycles. The highest BCUT2D eigenvalue weighted by atomic mass is 127. The minimum atomic E-state index is -0.289. The molecule has 0 fully saturated rings. The largest absolute Gasteiger partial charge is 0.439 e. The molecule has 0 radical (unpaired) electrons. The van der Waals surface area contributed by atoms with Gasteiger partial charge in [-0.1, -0.05) is 30.3 Å². The molecule has 76 valence electrons. The van der Waals surface area contributed by atoms with Crippen LogP contribution in [0.15, 0.2) is 30.3 Å². The Labute approximate surface area is 97.2 Å². The summed E-state index contributed by atoms with van der Waals surface area (Å²) >= 11 is 2.00. The van der Waals surface area contributed by atoms with Gasteiger partial charge in [0.2, 0.25) is 0 Å². The average Bonchev–Trinajstić information content (AvgIpc) is 2.19. The molecule has 0 N–H and O–H groups in total. The summed E-state index contributed by atoms with van der Waals surface area (Å²) in [7, 11) is 1.72. The smallest absolute Gasteiger partial charge is 0.410 e. The van der Waals surface area contributed by atoms with Crippen LogP contribution < -0.4 is 0 Å². The van der Waals surface area contributed by atoms with Gasteiger partial charge in [-0.25, -0.2) is 4.79 Å². The van der Waals surface area contributed by atoms with Crippen LogP contribution in [-0.4, -0.2) is 22.7 Å². The van der Waals surface area contributed by atoms with Crippen molar-refractivity contribution in [2.45, 2.75) is 6.54 Å². The number of nitrogens with zero attached hydrogens (tertiary/aromatic N) is 1. The summed E-state index contributed by atoms with van der Waals surface area (Å²) in [5, 5.41) is 0. The van der Waals surface area contributed by atoms with Crippen LogP contribution in [0.1, 0.15) is 5.56 Å². The average molecular weight is 305 g/mol. The quantitative estimate of drug-likeness (QED) is 0.635. The van der Waals surface area contributed by atoms with Crippen LogP contribution >= 0.6 is 22.6 Å². The summed E-state index contributed by atoms with van der Waals surface area (Å²) in [6.45, 7) is 0.580. The van der Waals surface area contributed by atoms with Crippen LogP contribution in [0.5, 0.6) is 0 Å². The Morgan fingerprint density at radius 3 is 2.64 bits per heavy atom. The Balaban J connectivity index is 2.49. The molecule has 0 aromatic heterocycles. The maximum atomic E-state index is 11.2. The van der Waals surface area contributed by atoms with E-state index < -0.39 is 0 Å². The highest BCUT2D eigenvalue weighted by Gasteiger charge is 2.08. The lowest BCUT2D eigenvalue weighted by Crippen LogP contribution is -2.26. The first-order chi connectivity index (χ1) is 6.74. The number of halogens is 1. The molecule has 1 amide bonds. The monoisotopic (exact) mass is 305 g/mol. The second-order valence-electron chi connectivity index (χ2n) is 2.86. The Morgan fingerprint density at radius 2 is 2.07 bits per heavy atom. The van der Waals surface area contributed by atoms with E-state index in [-0.39, 0.29) is 6.09 Å². The van der Waals surface area contributed by atoms with Crippen molar-refractivity contribution in [3.63, 3.8) is 0 Å². The molecule has 0 saturated carbocycles. The van der Waals surface area contributed by atoms with Gasteiger partial charge in [0.05, 0.1) is 0 Å². The maximum Gasteiger partial charge on any atom is 0.410 e. The Morgan fingerprint density at radius 1 is 1.43 bits per heavy atom. The normalized spacial score (nSPS) is 9.57. The van der Waals surface area contributed by atoms with Crippen molar-refractivity contribution in [3.8, 4) is 0 Å². The van der Waals surface area contributed by atoms with Crippen molar-refractivity contribution < 1.29 is 9.53 Å². The van der Waals surface area contributed by atoms with Crippen LogP contribution in [0.3, 0.4) is 0 Å². The molecule has 0 heterocycles. The molecular formula is C10H12INO2. The van der Waals surface area contributed by atoms with E-state index in [0.29, 0.717) is 11.2 Å². The number of rotatable bonds is 3. The van der Waals surface area contributed by atoms with Gasteiger partial charge in [-0.2, -0.15) is 0 Å². The van der Waals surface area contributed by atoms with Crippen molar-refractivity contribution in [1.82, 2.24) is 4.90 Å². The van der Waals surface area contributed by atoms with Gasteiger partial charge in [0.1, 0.15) is 4.61 Å². The van der Waals surface area contributed by atoms with Crippen molar-refractivity contribution >= 4 is 28.7 Å². The zero-order chi connectivity index (χ0) is 10.4. The van der Waals surface area contributed by atoms with E-state index in [4.69, 9.17) is 4.74 Å². The molecule has 0 spiro atoms. The maximum absolute atomic E-state index is 11.2. The Bertz CT molecular complexity index is 289. The molecular weight excluding hydrogens is 293 g/mol. The highest BCUT2D eigenvalue weighted by molar-refractivity contribution is 14.1. The van der Waals surface area contributed by atoms with Gasteiger partial charge in [-0.3, -0.25) is 0 Å². The van der Waals surface area contributed by atoms with Crippen LogP contribution in [0, 0.1) is 0 Å². The molecule has 4 heteroatoms. The lowest BCUT2D eigenvalue weighted by molar-refractivity contribution is 0.129. The van der Waals surface area contributed by atoms with Gasteiger partial charge in [0.25, 0.3) is 0 Å². The van der Waals surface area contributed by atoms with Crippen molar-refractivity contribution in [3.05, 3.63) is 35.9 Å². The molecule has 0 unspecified atom stereocenters. The molecule has 1 aromatic rings. The predicted octanol–water partition coefficient (Wildman–Crippen LogP) is 2.65. The first-order valence-corrected chi connectivity index (χ1v) is 5.74. The van der Waals surface area contributed by atoms with E-state index in [2.05, 4.69) is 0 Å². The fourth-order valence-electron chi connectivity index (χ4n) is 1.08. The van der Waals surface area contributed by atoms with Gasteiger partial charge in [-0.05, 0) is 28.2 Å². The number of hydrogen-bond donors (Lipinski definition) is 0. The lowest BCUT2D eigenvalue weighted by Gasteiger charge is -2.15. The zero-order valence-corrected chi connectivity index (χ0v) is 10.1. The third-order valence-corrected chi connectivity index (χ3v) is 2.06. The molecule has 0 aliphatic carbocycles. The summed E-state index contributed by atoms with van der Waals surface area (Å²) in [6, 6.07) is 9.81. The van der Waals surface area contributed by atoms with Crippen LogP contribution in [-0.2, 0) is 11.3 Å². The lowest BCUT2D eigenvalue weighted by atomic mass is 10.2. The van der Waals surface area contributed by atoms with E-state index >= 15 is 0 Å². The SMILES string of the molecule is CN(Cc1ccccc1)C(=O)OCI. The van der Waals surface area contributed by atoms with E-state index in [1.54, 1.807) is 11.9 Å². The van der Waals surface area contributed by atoms with Gasteiger partial charge in [-0.15, -0.1) is 0 Å². The van der Waals surface area contributed by atoms with Gasteiger partial charge >= 0.3 is 6.09 Å². The number of ether oxygens (including phenoxy) is 1. The summed E-state index contributed by atoms with van der Waals surface area (Å²) in [4.78, 5) is 12.8. The summed E-state index contributed by atoms with van der Waals surface area (Å²) in [5.41, 5.74) is 1.10.